The van der Waals surface area contributed by atoms with Gasteiger partial charge in [0, 0.05) is 7.05 Å². The summed E-state index contributed by atoms with van der Waals surface area (Å²) < 4.78 is 21.3. The zero-order valence-corrected chi connectivity index (χ0v) is 7.93. The summed E-state index contributed by atoms with van der Waals surface area (Å²) in [7, 11) is -1.24. The Kier molecular flexibility index (Phi) is 2.74. The molecule has 0 bridgehead atoms. The Morgan fingerprint density at radius 2 is 1.67 bits per heavy atom. The third-order valence-corrected chi connectivity index (χ3v) is 3.13. The molecule has 12 heavy (non-hydrogen) atoms. The molecule has 0 fully saturated rings. The van der Waals surface area contributed by atoms with Crippen molar-refractivity contribution in [3.63, 3.8) is 0 Å². The fourth-order valence-corrected chi connectivity index (χ4v) is 1.60. The van der Waals surface area contributed by atoms with Crippen LogP contribution in [0.1, 0.15) is 5.56 Å². The minimum Gasteiger partial charge on any atom is -0.282 e. The van der Waals surface area contributed by atoms with Gasteiger partial charge in [0.2, 0.25) is 0 Å². The van der Waals surface area contributed by atoms with Crippen molar-refractivity contribution >= 4 is 10.8 Å². The summed E-state index contributed by atoms with van der Waals surface area (Å²) in [5.74, 6) is 0. The Morgan fingerprint density at radius 1 is 1.17 bits per heavy atom. The van der Waals surface area contributed by atoms with Crippen LogP contribution in [0.4, 0.5) is 0 Å². The highest BCUT2D eigenvalue weighted by molar-refractivity contribution is 8.22. The Morgan fingerprint density at radius 3 is 2.08 bits per heavy atom. The van der Waals surface area contributed by atoms with Crippen LogP contribution in [0.5, 0.6) is 0 Å². The Labute approximate surface area is 73.9 Å². The number of nitrogens with one attached hydrogen (secondary N) is 1. The Hall–Kier alpha value is -0.550. The summed E-state index contributed by atoms with van der Waals surface area (Å²) in [6.45, 7) is 1.95. The van der Waals surface area contributed by atoms with Crippen LogP contribution in [0.25, 0.3) is 0 Å². The van der Waals surface area contributed by atoms with Crippen LogP contribution in [-0.4, -0.2) is 16.2 Å². The molecule has 0 radical (unpaired) electrons. The molecular weight excluding hydrogens is 174 g/mol. The van der Waals surface area contributed by atoms with Gasteiger partial charge in [-0.1, -0.05) is 17.7 Å². The normalized spacial score (nSPS) is 13.0. The van der Waals surface area contributed by atoms with Crippen LogP contribution < -0.4 is 4.72 Å². The van der Waals surface area contributed by atoms with E-state index in [4.69, 9.17) is 0 Å². The van der Waals surface area contributed by atoms with E-state index in [-0.39, 0.29) is 0 Å². The molecule has 4 heteroatoms. The molecule has 0 atom stereocenters. The minimum atomic E-state index is -2.76. The molecule has 1 rings (SSSR count). The molecule has 3 N–H and O–H groups in total. The SMILES string of the molecule is CNS(O)(O)c1ccc(C)cc1. The summed E-state index contributed by atoms with van der Waals surface area (Å²) in [5.41, 5.74) is 1.10. The molecule has 0 spiro atoms. The maximum atomic E-state index is 9.41. The molecule has 0 unspecified atom stereocenters. The molecule has 0 saturated heterocycles. The van der Waals surface area contributed by atoms with Crippen molar-refractivity contribution in [1.29, 1.82) is 0 Å². The van der Waals surface area contributed by atoms with E-state index in [2.05, 4.69) is 4.72 Å². The van der Waals surface area contributed by atoms with E-state index < -0.39 is 10.8 Å². The van der Waals surface area contributed by atoms with E-state index in [1.54, 1.807) is 12.1 Å². The average molecular weight is 187 g/mol. The van der Waals surface area contributed by atoms with Crippen molar-refractivity contribution in [2.24, 2.45) is 0 Å². The third-order valence-electron chi connectivity index (χ3n) is 1.63. The first-order valence-corrected chi connectivity index (χ1v) is 5.14. The quantitative estimate of drug-likeness (QED) is 0.665. The van der Waals surface area contributed by atoms with Crippen LogP contribution in [0, 0.1) is 6.92 Å². The number of hydrogen-bond acceptors (Lipinski definition) is 3. The molecule has 0 aliphatic heterocycles. The van der Waals surface area contributed by atoms with E-state index in [9.17, 15) is 9.11 Å². The molecule has 1 aromatic rings. The maximum absolute atomic E-state index is 9.41. The van der Waals surface area contributed by atoms with Gasteiger partial charge in [0.25, 0.3) is 0 Å². The van der Waals surface area contributed by atoms with Gasteiger partial charge in [0.05, 0.1) is 4.90 Å². The Balaban J connectivity index is 2.96. The smallest absolute Gasteiger partial charge is 0.0750 e. The molecule has 0 heterocycles. The van der Waals surface area contributed by atoms with Gasteiger partial charge >= 0.3 is 0 Å². The van der Waals surface area contributed by atoms with Crippen LogP contribution in [0.2, 0.25) is 0 Å². The lowest BCUT2D eigenvalue weighted by molar-refractivity contribution is 0.476. The fourth-order valence-electron chi connectivity index (χ4n) is 0.846. The second kappa shape index (κ2) is 3.45. The van der Waals surface area contributed by atoms with Crippen molar-refractivity contribution in [3.8, 4) is 0 Å². The molecule has 0 aliphatic carbocycles. The standard InChI is InChI=1S/C8H13NO2S/c1-7-3-5-8(6-4-7)12(10,11)9-2/h3-6,9-11H,1-2H3. The molecule has 0 aliphatic rings. The fraction of sp³-hybridized carbons (Fsp3) is 0.250. The van der Waals surface area contributed by atoms with Gasteiger partial charge in [-0.2, -0.15) is 0 Å². The van der Waals surface area contributed by atoms with Crippen molar-refractivity contribution < 1.29 is 9.11 Å². The summed E-state index contributed by atoms with van der Waals surface area (Å²) >= 11 is 0. The van der Waals surface area contributed by atoms with Gasteiger partial charge in [0.1, 0.15) is 0 Å². The largest absolute Gasteiger partial charge is 0.282 e. The summed E-state index contributed by atoms with van der Waals surface area (Å²) in [6, 6.07) is 7.12. The van der Waals surface area contributed by atoms with Crippen LogP contribution >= 0.6 is 10.8 Å². The first-order chi connectivity index (χ1) is 5.56. The maximum Gasteiger partial charge on any atom is 0.0750 e. The molecule has 1 aromatic carbocycles. The van der Waals surface area contributed by atoms with E-state index in [0.717, 1.165) is 5.56 Å². The monoisotopic (exact) mass is 187 g/mol. The number of hydrogen-bond donors (Lipinski definition) is 3. The highest BCUT2D eigenvalue weighted by Crippen LogP contribution is 2.42. The molecule has 0 aromatic heterocycles. The van der Waals surface area contributed by atoms with Crippen LogP contribution in [0.3, 0.4) is 0 Å². The van der Waals surface area contributed by atoms with Crippen LogP contribution in [0.15, 0.2) is 29.2 Å². The van der Waals surface area contributed by atoms with E-state index in [1.165, 1.54) is 7.05 Å². The number of aryl methyl sites for hydroxylation is 1. The zero-order valence-electron chi connectivity index (χ0n) is 7.11. The molecule has 3 nitrogen and oxygen atoms in total. The minimum absolute atomic E-state index is 0.524. The predicted octanol–water partition coefficient (Wildman–Crippen LogP) is 2.24. The van der Waals surface area contributed by atoms with Crippen molar-refractivity contribution in [2.45, 2.75) is 11.8 Å². The van der Waals surface area contributed by atoms with Gasteiger partial charge in [0.15, 0.2) is 0 Å². The van der Waals surface area contributed by atoms with Gasteiger partial charge in [-0.05, 0) is 19.1 Å². The summed E-state index contributed by atoms with van der Waals surface area (Å²) in [6.07, 6.45) is 0. The van der Waals surface area contributed by atoms with Gasteiger partial charge in [-0.25, -0.2) is 4.72 Å². The first-order valence-electron chi connectivity index (χ1n) is 3.59. The second-order valence-electron chi connectivity index (χ2n) is 2.57. The Bertz CT molecular complexity index is 258. The van der Waals surface area contributed by atoms with E-state index in [1.807, 2.05) is 19.1 Å². The van der Waals surface area contributed by atoms with Crippen LogP contribution in [-0.2, 0) is 0 Å². The highest BCUT2D eigenvalue weighted by atomic mass is 32.3. The first kappa shape index (κ1) is 9.54. The van der Waals surface area contributed by atoms with Crippen molar-refractivity contribution in [2.75, 3.05) is 7.05 Å². The van der Waals surface area contributed by atoms with Gasteiger partial charge in [-0.15, -0.1) is 10.8 Å². The van der Waals surface area contributed by atoms with E-state index in [0.29, 0.717) is 4.90 Å². The van der Waals surface area contributed by atoms with Gasteiger partial charge in [-0.3, -0.25) is 9.11 Å². The highest BCUT2D eigenvalue weighted by Gasteiger charge is 2.10. The van der Waals surface area contributed by atoms with Crippen molar-refractivity contribution in [1.82, 2.24) is 4.72 Å². The lowest BCUT2D eigenvalue weighted by atomic mass is 10.2. The van der Waals surface area contributed by atoms with Crippen molar-refractivity contribution in [3.05, 3.63) is 29.8 Å². The summed E-state index contributed by atoms with van der Waals surface area (Å²) in [4.78, 5) is 0.524. The van der Waals surface area contributed by atoms with Gasteiger partial charge < -0.3 is 0 Å². The molecular formula is C8H13NO2S. The molecule has 0 amide bonds. The number of rotatable bonds is 2. The third kappa shape index (κ3) is 1.98. The molecule has 68 valence electrons. The lowest BCUT2D eigenvalue weighted by Crippen LogP contribution is -2.14. The predicted molar refractivity (Wildman–Crippen MR) is 51.4 cm³/mol. The zero-order chi connectivity index (χ0) is 9.19. The average Bonchev–Trinajstić information content (AvgIpc) is 2.05. The second-order valence-corrected chi connectivity index (χ2v) is 4.54. The summed E-state index contributed by atoms with van der Waals surface area (Å²) in [5, 5.41) is 0. The van der Waals surface area contributed by atoms with E-state index >= 15 is 0 Å². The lowest BCUT2D eigenvalue weighted by Gasteiger charge is -2.31. The molecule has 0 saturated carbocycles. The number of benzene rings is 1. The topological polar surface area (TPSA) is 52.5 Å².